The minimum atomic E-state index is -4.34. The van der Waals surface area contributed by atoms with Gasteiger partial charge in [-0.25, -0.2) is 12.8 Å². The number of alkyl halides is 3. The Hall–Kier alpha value is -2.54. The molecular formula is C16H13F4N3O2S. The number of nitriles is 1. The third kappa shape index (κ3) is 3.39. The molecule has 1 aromatic heterocycles. The number of aromatic amines is 1. The monoisotopic (exact) mass is 387 g/mol. The minimum absolute atomic E-state index is 0.0302. The number of benzene rings is 1. The van der Waals surface area contributed by atoms with E-state index in [1.165, 1.54) is 6.07 Å². The Balaban J connectivity index is 1.89. The summed E-state index contributed by atoms with van der Waals surface area (Å²) in [5.74, 6) is -2.44. The zero-order chi connectivity index (χ0) is 19.1. The van der Waals surface area contributed by atoms with Gasteiger partial charge in [-0.1, -0.05) is 0 Å². The van der Waals surface area contributed by atoms with Crippen LogP contribution in [-0.4, -0.2) is 19.6 Å². The molecule has 3 rings (SSSR count). The van der Waals surface area contributed by atoms with Crippen LogP contribution < -0.4 is 4.72 Å². The molecule has 0 saturated heterocycles. The standard InChI is InChI=1S/C16H13F4N3O2S/c17-12-5-9(7-21)1-4-13(12)23-26(24,25)15-8-22-14-6-10(16(18,19)20)2-3-11(14)15/h1,4-5,8,10,22-23H,2-3,6H2. The first-order chi connectivity index (χ1) is 12.1. The third-order valence-electron chi connectivity index (χ3n) is 4.33. The molecular weight excluding hydrogens is 374 g/mol. The molecule has 5 nitrogen and oxygen atoms in total. The largest absolute Gasteiger partial charge is 0.392 e. The lowest BCUT2D eigenvalue weighted by molar-refractivity contribution is -0.177. The van der Waals surface area contributed by atoms with E-state index in [9.17, 15) is 26.0 Å². The van der Waals surface area contributed by atoms with Gasteiger partial charge in [-0.2, -0.15) is 18.4 Å². The average molecular weight is 387 g/mol. The summed E-state index contributed by atoms with van der Waals surface area (Å²) in [5.41, 5.74) is 0.192. The molecule has 2 aromatic rings. The number of nitrogens with zero attached hydrogens (tertiary/aromatic N) is 1. The van der Waals surface area contributed by atoms with Crippen LogP contribution in [0.25, 0.3) is 0 Å². The van der Waals surface area contributed by atoms with E-state index in [2.05, 4.69) is 9.71 Å². The number of hydrogen-bond donors (Lipinski definition) is 2. The topological polar surface area (TPSA) is 85.8 Å². The number of anilines is 1. The van der Waals surface area contributed by atoms with Crippen molar-refractivity contribution in [2.75, 3.05) is 4.72 Å². The van der Waals surface area contributed by atoms with E-state index in [1.807, 2.05) is 0 Å². The predicted molar refractivity (Wildman–Crippen MR) is 84.3 cm³/mol. The van der Waals surface area contributed by atoms with Crippen molar-refractivity contribution >= 4 is 15.7 Å². The van der Waals surface area contributed by atoms with Crippen molar-refractivity contribution in [1.82, 2.24) is 4.98 Å². The molecule has 10 heteroatoms. The van der Waals surface area contributed by atoms with Gasteiger partial charge >= 0.3 is 6.18 Å². The lowest BCUT2D eigenvalue weighted by Crippen LogP contribution is -2.29. The van der Waals surface area contributed by atoms with E-state index in [1.54, 1.807) is 6.07 Å². The van der Waals surface area contributed by atoms with E-state index in [0.717, 1.165) is 18.3 Å². The molecule has 1 aliphatic carbocycles. The maximum atomic E-state index is 13.9. The summed E-state index contributed by atoms with van der Waals surface area (Å²) in [6, 6.07) is 4.98. The molecule has 138 valence electrons. The quantitative estimate of drug-likeness (QED) is 0.791. The van der Waals surface area contributed by atoms with Crippen molar-refractivity contribution < 1.29 is 26.0 Å². The lowest BCUT2D eigenvalue weighted by Gasteiger charge is -2.25. The zero-order valence-electron chi connectivity index (χ0n) is 13.2. The number of fused-ring (bicyclic) bond motifs is 1. The molecule has 1 unspecified atom stereocenters. The normalized spacial score (nSPS) is 17.4. The SMILES string of the molecule is N#Cc1ccc(NS(=O)(=O)c2c[nH]c3c2CCC(C(F)(F)F)C3)c(F)c1. The fraction of sp³-hybridized carbons (Fsp3) is 0.312. The van der Waals surface area contributed by atoms with Crippen LogP contribution in [0.5, 0.6) is 0 Å². The Morgan fingerprint density at radius 2 is 2.04 bits per heavy atom. The molecule has 1 atom stereocenters. The summed E-state index contributed by atoms with van der Waals surface area (Å²) in [6.45, 7) is 0. The molecule has 0 radical (unpaired) electrons. The molecule has 26 heavy (non-hydrogen) atoms. The molecule has 0 saturated carbocycles. The van der Waals surface area contributed by atoms with E-state index < -0.39 is 27.9 Å². The second kappa shape index (κ2) is 6.32. The maximum absolute atomic E-state index is 13.9. The van der Waals surface area contributed by atoms with Crippen LogP contribution >= 0.6 is 0 Å². The van der Waals surface area contributed by atoms with Crippen molar-refractivity contribution in [2.24, 2.45) is 5.92 Å². The fourth-order valence-corrected chi connectivity index (χ4v) is 4.31. The zero-order valence-corrected chi connectivity index (χ0v) is 14.0. The van der Waals surface area contributed by atoms with Crippen LogP contribution in [0.1, 0.15) is 23.2 Å². The van der Waals surface area contributed by atoms with Gasteiger partial charge in [0.05, 0.1) is 23.2 Å². The summed E-state index contributed by atoms with van der Waals surface area (Å²) in [7, 11) is -4.19. The molecule has 0 spiro atoms. The van der Waals surface area contributed by atoms with Crippen molar-refractivity contribution in [2.45, 2.75) is 30.3 Å². The summed E-state index contributed by atoms with van der Waals surface area (Å²) in [5, 5.41) is 8.71. The Morgan fingerprint density at radius 1 is 1.31 bits per heavy atom. The fourth-order valence-electron chi connectivity index (χ4n) is 2.99. The third-order valence-corrected chi connectivity index (χ3v) is 5.76. The lowest BCUT2D eigenvalue weighted by atomic mass is 9.87. The summed E-state index contributed by atoms with van der Waals surface area (Å²) in [6.07, 6.45) is -3.80. The molecule has 0 amide bonds. The Kier molecular flexibility index (Phi) is 4.44. The first kappa shape index (κ1) is 18.3. The van der Waals surface area contributed by atoms with Crippen molar-refractivity contribution in [3.05, 3.63) is 47.0 Å². The van der Waals surface area contributed by atoms with E-state index >= 15 is 0 Å². The molecule has 1 aliphatic rings. The number of hydrogen-bond acceptors (Lipinski definition) is 3. The van der Waals surface area contributed by atoms with E-state index in [-0.39, 0.29) is 46.7 Å². The molecule has 2 N–H and O–H groups in total. The number of sulfonamides is 1. The highest BCUT2D eigenvalue weighted by molar-refractivity contribution is 7.92. The first-order valence-corrected chi connectivity index (χ1v) is 9.08. The molecule has 0 bridgehead atoms. The smallest absolute Gasteiger partial charge is 0.363 e. The van der Waals surface area contributed by atoms with Crippen LogP contribution in [0, 0.1) is 23.1 Å². The van der Waals surface area contributed by atoms with Gasteiger partial charge in [0.15, 0.2) is 0 Å². The second-order valence-corrected chi connectivity index (χ2v) is 7.65. The average Bonchev–Trinajstić information content (AvgIpc) is 2.99. The highest BCUT2D eigenvalue weighted by Gasteiger charge is 2.42. The van der Waals surface area contributed by atoms with E-state index in [4.69, 9.17) is 5.26 Å². The molecule has 1 aromatic carbocycles. The van der Waals surface area contributed by atoms with Crippen molar-refractivity contribution in [1.29, 1.82) is 5.26 Å². The van der Waals surface area contributed by atoms with Crippen molar-refractivity contribution in [3.63, 3.8) is 0 Å². The minimum Gasteiger partial charge on any atom is -0.363 e. The number of halogens is 4. The summed E-state index contributed by atoms with van der Waals surface area (Å²) >= 11 is 0. The first-order valence-electron chi connectivity index (χ1n) is 7.60. The van der Waals surface area contributed by atoms with Crippen LogP contribution in [0.15, 0.2) is 29.3 Å². The van der Waals surface area contributed by atoms with E-state index in [0.29, 0.717) is 0 Å². The van der Waals surface area contributed by atoms with Crippen LogP contribution in [0.4, 0.5) is 23.2 Å². The maximum Gasteiger partial charge on any atom is 0.392 e. The van der Waals surface area contributed by atoms with Gasteiger partial charge in [-0.15, -0.1) is 0 Å². The Labute approximate surface area is 146 Å². The van der Waals surface area contributed by atoms with Gasteiger partial charge in [-0.05, 0) is 43.0 Å². The van der Waals surface area contributed by atoms with Crippen LogP contribution in [-0.2, 0) is 22.9 Å². The molecule has 1 heterocycles. The Bertz CT molecular complexity index is 990. The van der Waals surface area contributed by atoms with Gasteiger partial charge in [0.25, 0.3) is 10.0 Å². The Morgan fingerprint density at radius 3 is 2.65 bits per heavy atom. The number of H-pyrrole nitrogens is 1. The number of nitrogens with one attached hydrogen (secondary N) is 2. The van der Waals surface area contributed by atoms with Gasteiger partial charge < -0.3 is 4.98 Å². The van der Waals surface area contributed by atoms with Crippen LogP contribution in [0.3, 0.4) is 0 Å². The highest BCUT2D eigenvalue weighted by Crippen LogP contribution is 2.38. The predicted octanol–water partition coefficient (Wildman–Crippen LogP) is 3.49. The number of rotatable bonds is 3. The molecule has 0 fully saturated rings. The van der Waals surface area contributed by atoms with Crippen molar-refractivity contribution in [3.8, 4) is 6.07 Å². The van der Waals surface area contributed by atoms with Gasteiger partial charge in [-0.3, -0.25) is 4.72 Å². The number of aromatic nitrogens is 1. The summed E-state index contributed by atoms with van der Waals surface area (Å²) < 4.78 is 79.6. The van der Waals surface area contributed by atoms with Gasteiger partial charge in [0.1, 0.15) is 10.7 Å². The van der Waals surface area contributed by atoms with Gasteiger partial charge in [0.2, 0.25) is 0 Å². The summed E-state index contributed by atoms with van der Waals surface area (Å²) in [4.78, 5) is 2.40. The highest BCUT2D eigenvalue weighted by atomic mass is 32.2. The van der Waals surface area contributed by atoms with Crippen LogP contribution in [0.2, 0.25) is 0 Å². The van der Waals surface area contributed by atoms with Gasteiger partial charge in [0, 0.05) is 11.9 Å². The second-order valence-electron chi connectivity index (χ2n) is 6.00. The molecule has 0 aliphatic heterocycles.